The average Bonchev–Trinajstić information content (AvgIpc) is 3.36. The lowest BCUT2D eigenvalue weighted by atomic mass is 10.2. The van der Waals surface area contributed by atoms with Crippen LogP contribution in [0.2, 0.25) is 0 Å². The van der Waals surface area contributed by atoms with Gasteiger partial charge in [-0.1, -0.05) is 19.0 Å². The molecule has 1 fully saturated rings. The smallest absolute Gasteiger partial charge is 0.194 e. The molecule has 1 aliphatic rings. The zero-order valence-electron chi connectivity index (χ0n) is 18.1. The van der Waals surface area contributed by atoms with Crippen LogP contribution in [-0.2, 0) is 19.5 Å². The second kappa shape index (κ2) is 10.4. The van der Waals surface area contributed by atoms with Crippen LogP contribution in [0.1, 0.15) is 44.5 Å². The Hall–Kier alpha value is -2.42. The van der Waals surface area contributed by atoms with Gasteiger partial charge in [0.2, 0.25) is 0 Å². The molecule has 0 aromatic carbocycles. The van der Waals surface area contributed by atoms with Crippen LogP contribution in [0.25, 0.3) is 0 Å². The average molecular weight is 403 g/mol. The summed E-state index contributed by atoms with van der Waals surface area (Å²) in [4.78, 5) is 9.69. The highest BCUT2D eigenvalue weighted by Gasteiger charge is 2.21. The van der Waals surface area contributed by atoms with Crippen molar-refractivity contribution in [3.63, 3.8) is 0 Å². The van der Waals surface area contributed by atoms with Crippen molar-refractivity contribution < 1.29 is 4.52 Å². The Bertz CT molecular complexity index is 775. The van der Waals surface area contributed by atoms with E-state index in [0.29, 0.717) is 12.6 Å². The summed E-state index contributed by atoms with van der Waals surface area (Å²) in [7, 11) is 0. The number of hydrogen-bond donors (Lipinski definition) is 1. The summed E-state index contributed by atoms with van der Waals surface area (Å²) in [5.41, 5.74) is 1.00. The van der Waals surface area contributed by atoms with Gasteiger partial charge in [0.05, 0.1) is 12.2 Å². The van der Waals surface area contributed by atoms with E-state index in [1.54, 1.807) is 6.33 Å². The maximum Gasteiger partial charge on any atom is 0.194 e. The van der Waals surface area contributed by atoms with E-state index in [2.05, 4.69) is 55.8 Å². The Morgan fingerprint density at radius 1 is 1.28 bits per heavy atom. The van der Waals surface area contributed by atoms with E-state index in [-0.39, 0.29) is 0 Å². The molecule has 0 saturated carbocycles. The number of nitrogens with one attached hydrogen (secondary N) is 1. The van der Waals surface area contributed by atoms with Gasteiger partial charge in [0, 0.05) is 57.8 Å². The maximum atomic E-state index is 5.19. The van der Waals surface area contributed by atoms with Crippen molar-refractivity contribution in [1.29, 1.82) is 0 Å². The van der Waals surface area contributed by atoms with E-state index in [4.69, 9.17) is 9.52 Å². The normalized spacial score (nSPS) is 17.0. The van der Waals surface area contributed by atoms with Gasteiger partial charge in [-0.25, -0.2) is 0 Å². The van der Waals surface area contributed by atoms with Gasteiger partial charge in [-0.3, -0.25) is 9.89 Å². The molecule has 9 nitrogen and oxygen atoms in total. The number of rotatable bonds is 8. The maximum absolute atomic E-state index is 5.19. The summed E-state index contributed by atoms with van der Waals surface area (Å²) in [6, 6.07) is 2.41. The zero-order chi connectivity index (χ0) is 20.6. The van der Waals surface area contributed by atoms with Crippen molar-refractivity contribution in [1.82, 2.24) is 35.0 Å². The molecule has 1 unspecified atom stereocenters. The van der Waals surface area contributed by atoms with Crippen LogP contribution in [0, 0.1) is 6.92 Å². The summed E-state index contributed by atoms with van der Waals surface area (Å²) in [6.45, 7) is 14.6. The molecule has 0 radical (unpaired) electrons. The van der Waals surface area contributed by atoms with Gasteiger partial charge in [0.15, 0.2) is 5.96 Å². The molecule has 1 N–H and O–H groups in total. The molecule has 1 saturated heterocycles. The Morgan fingerprint density at radius 2 is 2.07 bits per heavy atom. The third-order valence-corrected chi connectivity index (χ3v) is 5.34. The highest BCUT2D eigenvalue weighted by molar-refractivity contribution is 5.80. The first-order chi connectivity index (χ1) is 14.1. The van der Waals surface area contributed by atoms with E-state index in [1.165, 1.54) is 0 Å². The van der Waals surface area contributed by atoms with Gasteiger partial charge >= 0.3 is 0 Å². The van der Waals surface area contributed by atoms with Crippen molar-refractivity contribution in [3.05, 3.63) is 29.7 Å². The van der Waals surface area contributed by atoms with E-state index >= 15 is 0 Å². The highest BCUT2D eigenvalue weighted by atomic mass is 16.5. The lowest BCUT2D eigenvalue weighted by Crippen LogP contribution is -2.53. The molecule has 0 bridgehead atoms. The topological polar surface area (TPSA) is 87.6 Å². The molecule has 1 aliphatic heterocycles. The minimum absolute atomic E-state index is 0.394. The van der Waals surface area contributed by atoms with E-state index in [1.807, 2.05) is 13.0 Å². The first-order valence-corrected chi connectivity index (χ1v) is 10.7. The molecular formula is C20H34N8O. The van der Waals surface area contributed by atoms with Gasteiger partial charge in [-0.05, 0) is 20.3 Å². The first-order valence-electron chi connectivity index (χ1n) is 10.7. The van der Waals surface area contributed by atoms with Crippen molar-refractivity contribution in [3.8, 4) is 0 Å². The van der Waals surface area contributed by atoms with Gasteiger partial charge < -0.3 is 19.3 Å². The Balaban J connectivity index is 1.56. The largest absolute Gasteiger partial charge is 0.361 e. The van der Waals surface area contributed by atoms with Crippen molar-refractivity contribution in [2.45, 2.75) is 59.7 Å². The van der Waals surface area contributed by atoms with Crippen LogP contribution in [0.15, 0.2) is 21.9 Å². The lowest BCUT2D eigenvalue weighted by Gasteiger charge is -2.37. The van der Waals surface area contributed by atoms with E-state index in [9.17, 15) is 0 Å². The molecule has 2 aromatic heterocycles. The number of nitrogens with zero attached hydrogens (tertiary/aromatic N) is 7. The van der Waals surface area contributed by atoms with Crippen LogP contribution in [-0.4, -0.2) is 74.4 Å². The molecule has 3 heterocycles. The lowest BCUT2D eigenvalue weighted by molar-refractivity contribution is 0.168. The molecule has 0 spiro atoms. The summed E-state index contributed by atoms with van der Waals surface area (Å²) in [5, 5.41) is 15.9. The number of aliphatic imine (C=N–C) groups is 1. The van der Waals surface area contributed by atoms with Gasteiger partial charge in [0.1, 0.15) is 17.9 Å². The fraction of sp³-hybridized carbons (Fsp3) is 0.700. The second-order valence-electron chi connectivity index (χ2n) is 7.65. The van der Waals surface area contributed by atoms with E-state index in [0.717, 1.165) is 75.3 Å². The van der Waals surface area contributed by atoms with Gasteiger partial charge in [0.25, 0.3) is 0 Å². The molecular weight excluding hydrogens is 368 g/mol. The Kier molecular flexibility index (Phi) is 7.62. The van der Waals surface area contributed by atoms with Crippen LogP contribution in [0.4, 0.5) is 0 Å². The second-order valence-corrected chi connectivity index (χ2v) is 7.65. The van der Waals surface area contributed by atoms with Gasteiger partial charge in [-0.2, -0.15) is 0 Å². The summed E-state index contributed by atoms with van der Waals surface area (Å²) in [5.74, 6) is 2.88. The minimum atomic E-state index is 0.394. The molecule has 0 amide bonds. The van der Waals surface area contributed by atoms with E-state index < -0.39 is 0 Å². The molecule has 3 rings (SSSR count). The number of guanidine groups is 1. The number of piperazine rings is 1. The third kappa shape index (κ3) is 6.03. The van der Waals surface area contributed by atoms with Crippen LogP contribution in [0.5, 0.6) is 0 Å². The Labute approximate surface area is 173 Å². The molecule has 29 heavy (non-hydrogen) atoms. The minimum Gasteiger partial charge on any atom is -0.361 e. The standard InChI is InChI=1S/C20H34N8O/c1-5-16(3)23-20(21-7-8-28-15-22-24-19(28)6-2)27-11-9-26(10-12-27)14-18-13-17(4)29-25-18/h13,15-16H,5-12,14H2,1-4H3,(H,21,23). The highest BCUT2D eigenvalue weighted by Crippen LogP contribution is 2.10. The predicted octanol–water partition coefficient (Wildman–Crippen LogP) is 1.70. The quantitative estimate of drug-likeness (QED) is 0.531. The molecule has 9 heteroatoms. The van der Waals surface area contributed by atoms with Crippen LogP contribution >= 0.6 is 0 Å². The zero-order valence-corrected chi connectivity index (χ0v) is 18.1. The first kappa shape index (κ1) is 21.3. The van der Waals surface area contributed by atoms with Crippen molar-refractivity contribution >= 4 is 5.96 Å². The molecule has 2 aromatic rings. The number of hydrogen-bond acceptors (Lipinski definition) is 6. The SMILES string of the molecule is CCc1nncn1CCN=C(NC(C)CC)N1CCN(Cc2cc(C)on2)CC1. The predicted molar refractivity (Wildman–Crippen MR) is 113 cm³/mol. The third-order valence-electron chi connectivity index (χ3n) is 5.34. The van der Waals surface area contributed by atoms with Crippen LogP contribution < -0.4 is 5.32 Å². The fourth-order valence-electron chi connectivity index (χ4n) is 3.40. The summed E-state index contributed by atoms with van der Waals surface area (Å²) in [6.07, 6.45) is 3.74. The molecule has 1 atom stereocenters. The van der Waals surface area contributed by atoms with Crippen molar-refractivity contribution in [2.75, 3.05) is 32.7 Å². The van der Waals surface area contributed by atoms with Crippen molar-refractivity contribution in [2.24, 2.45) is 4.99 Å². The van der Waals surface area contributed by atoms with Gasteiger partial charge in [-0.15, -0.1) is 10.2 Å². The summed E-state index contributed by atoms with van der Waals surface area (Å²) >= 11 is 0. The number of aryl methyl sites for hydroxylation is 2. The van der Waals surface area contributed by atoms with Crippen LogP contribution in [0.3, 0.4) is 0 Å². The molecule has 0 aliphatic carbocycles. The number of aromatic nitrogens is 4. The Morgan fingerprint density at radius 3 is 2.72 bits per heavy atom. The fourth-order valence-corrected chi connectivity index (χ4v) is 3.40. The monoisotopic (exact) mass is 402 g/mol. The molecule has 160 valence electrons. The summed E-state index contributed by atoms with van der Waals surface area (Å²) < 4.78 is 7.27.